The van der Waals surface area contributed by atoms with E-state index in [1.165, 1.54) is 0 Å². The molecule has 2 heterocycles. The molecule has 1 N–H and O–H groups in total. The van der Waals surface area contributed by atoms with E-state index in [1.807, 2.05) is 29.1 Å². The maximum absolute atomic E-state index is 4.22. The molecule has 0 bridgehead atoms. The van der Waals surface area contributed by atoms with Crippen molar-refractivity contribution >= 4 is 0 Å². The van der Waals surface area contributed by atoms with Crippen molar-refractivity contribution in [1.29, 1.82) is 0 Å². The van der Waals surface area contributed by atoms with Gasteiger partial charge in [0.2, 0.25) is 0 Å². The number of nitrogens with zero attached hydrogens (tertiary/aromatic N) is 3. The van der Waals surface area contributed by atoms with Gasteiger partial charge in [-0.2, -0.15) is 0 Å². The summed E-state index contributed by atoms with van der Waals surface area (Å²) >= 11 is 0. The lowest BCUT2D eigenvalue weighted by atomic mass is 10.2. The Hall–Kier alpha value is -1.68. The maximum Gasteiger partial charge on any atom is 0.113 e. The molecule has 4 heteroatoms. The number of aromatic nitrogens is 3. The van der Waals surface area contributed by atoms with Crippen LogP contribution in [0.3, 0.4) is 0 Å². The minimum atomic E-state index is 0.463. The fraction of sp³-hybridized carbons (Fsp3) is 0.333. The Kier molecular flexibility index (Phi) is 2.42. The lowest BCUT2D eigenvalue weighted by Gasteiger charge is -2.05. The summed E-state index contributed by atoms with van der Waals surface area (Å²) in [5.41, 5.74) is 2.08. The SMILES string of the molecule is c1ccc(-c2cn([C@H]3CCNC3)nn2)cc1. The zero-order valence-electron chi connectivity index (χ0n) is 9.00. The predicted octanol–water partition coefficient (Wildman–Crippen LogP) is 1.48. The van der Waals surface area contributed by atoms with Crippen LogP contribution in [0.15, 0.2) is 36.5 Å². The van der Waals surface area contributed by atoms with Gasteiger partial charge in [-0.3, -0.25) is 0 Å². The van der Waals surface area contributed by atoms with E-state index in [-0.39, 0.29) is 0 Å². The first-order chi connectivity index (χ1) is 7.93. The molecule has 1 aromatic carbocycles. The van der Waals surface area contributed by atoms with Crippen molar-refractivity contribution in [2.45, 2.75) is 12.5 Å². The number of hydrogen-bond acceptors (Lipinski definition) is 3. The quantitative estimate of drug-likeness (QED) is 0.823. The summed E-state index contributed by atoms with van der Waals surface area (Å²) < 4.78 is 1.97. The Morgan fingerprint density at radius 1 is 1.25 bits per heavy atom. The van der Waals surface area contributed by atoms with Gasteiger partial charge in [-0.05, 0) is 13.0 Å². The summed E-state index contributed by atoms with van der Waals surface area (Å²) in [7, 11) is 0. The molecule has 1 fully saturated rings. The number of nitrogens with one attached hydrogen (secondary N) is 1. The first-order valence-electron chi connectivity index (χ1n) is 5.61. The standard InChI is InChI=1S/C12H14N4/c1-2-4-10(5-3-1)12-9-16(15-14-12)11-6-7-13-8-11/h1-5,9,11,13H,6-8H2/t11-/m0/s1. The molecule has 0 amide bonds. The van der Waals surface area contributed by atoms with E-state index >= 15 is 0 Å². The first-order valence-corrected chi connectivity index (χ1v) is 5.61. The zero-order chi connectivity index (χ0) is 10.8. The summed E-state index contributed by atoms with van der Waals surface area (Å²) in [6.07, 6.45) is 3.17. The Balaban J connectivity index is 1.87. The van der Waals surface area contributed by atoms with Crippen LogP contribution >= 0.6 is 0 Å². The van der Waals surface area contributed by atoms with Gasteiger partial charge in [-0.1, -0.05) is 35.5 Å². The fourth-order valence-electron chi connectivity index (χ4n) is 2.06. The third kappa shape index (κ3) is 1.72. The van der Waals surface area contributed by atoms with Gasteiger partial charge in [0, 0.05) is 12.1 Å². The van der Waals surface area contributed by atoms with Crippen LogP contribution in [-0.4, -0.2) is 28.1 Å². The third-order valence-corrected chi connectivity index (χ3v) is 2.99. The lowest BCUT2D eigenvalue weighted by molar-refractivity contribution is 0.476. The van der Waals surface area contributed by atoms with Gasteiger partial charge >= 0.3 is 0 Å². The van der Waals surface area contributed by atoms with Gasteiger partial charge in [0.1, 0.15) is 5.69 Å². The molecule has 1 aliphatic heterocycles. The van der Waals surface area contributed by atoms with Gasteiger partial charge in [0.25, 0.3) is 0 Å². The van der Waals surface area contributed by atoms with Crippen LogP contribution in [0.4, 0.5) is 0 Å². The lowest BCUT2D eigenvalue weighted by Crippen LogP contribution is -2.13. The van der Waals surface area contributed by atoms with Crippen LogP contribution in [0.2, 0.25) is 0 Å². The minimum absolute atomic E-state index is 0.463. The topological polar surface area (TPSA) is 42.7 Å². The van der Waals surface area contributed by atoms with Gasteiger partial charge in [-0.15, -0.1) is 5.10 Å². The highest BCUT2D eigenvalue weighted by molar-refractivity contribution is 5.57. The molecular formula is C12H14N4. The van der Waals surface area contributed by atoms with Crippen molar-refractivity contribution in [3.63, 3.8) is 0 Å². The van der Waals surface area contributed by atoms with Crippen LogP contribution in [0.25, 0.3) is 11.3 Å². The summed E-state index contributed by atoms with van der Waals surface area (Å²) in [5, 5.41) is 11.7. The summed E-state index contributed by atoms with van der Waals surface area (Å²) in [6, 6.07) is 10.6. The molecule has 1 aliphatic rings. The van der Waals surface area contributed by atoms with Gasteiger partial charge in [0.15, 0.2) is 0 Å². The van der Waals surface area contributed by atoms with Crippen molar-refractivity contribution in [2.24, 2.45) is 0 Å². The second kappa shape index (κ2) is 4.06. The highest BCUT2D eigenvalue weighted by atomic mass is 15.4. The van der Waals surface area contributed by atoms with Gasteiger partial charge in [0.05, 0.1) is 12.2 Å². The molecule has 0 radical (unpaired) electrons. The van der Waals surface area contributed by atoms with E-state index in [0.29, 0.717) is 6.04 Å². The molecule has 0 aliphatic carbocycles. The molecular weight excluding hydrogens is 200 g/mol. The number of rotatable bonds is 2. The Bertz CT molecular complexity index is 457. The third-order valence-electron chi connectivity index (χ3n) is 2.99. The van der Waals surface area contributed by atoms with E-state index < -0.39 is 0 Å². The van der Waals surface area contributed by atoms with Gasteiger partial charge < -0.3 is 5.32 Å². The minimum Gasteiger partial charge on any atom is -0.315 e. The molecule has 3 rings (SSSR count). The van der Waals surface area contributed by atoms with Crippen molar-refractivity contribution in [3.05, 3.63) is 36.5 Å². The zero-order valence-corrected chi connectivity index (χ0v) is 9.00. The second-order valence-electron chi connectivity index (χ2n) is 4.10. The van der Waals surface area contributed by atoms with Crippen molar-refractivity contribution < 1.29 is 0 Å². The summed E-state index contributed by atoms with van der Waals surface area (Å²) in [4.78, 5) is 0. The summed E-state index contributed by atoms with van der Waals surface area (Å²) in [6.45, 7) is 2.07. The summed E-state index contributed by atoms with van der Waals surface area (Å²) in [5.74, 6) is 0. The number of hydrogen-bond donors (Lipinski definition) is 1. The molecule has 0 unspecified atom stereocenters. The molecule has 1 aromatic heterocycles. The van der Waals surface area contributed by atoms with Crippen molar-refractivity contribution in [3.8, 4) is 11.3 Å². The van der Waals surface area contributed by atoms with Crippen molar-refractivity contribution in [2.75, 3.05) is 13.1 Å². The monoisotopic (exact) mass is 214 g/mol. The predicted molar refractivity (Wildman–Crippen MR) is 62.0 cm³/mol. The molecule has 1 saturated heterocycles. The average Bonchev–Trinajstić information content (AvgIpc) is 3.01. The largest absolute Gasteiger partial charge is 0.315 e. The number of benzene rings is 1. The van der Waals surface area contributed by atoms with E-state index in [9.17, 15) is 0 Å². The fourth-order valence-corrected chi connectivity index (χ4v) is 2.06. The van der Waals surface area contributed by atoms with E-state index in [0.717, 1.165) is 30.8 Å². The van der Waals surface area contributed by atoms with E-state index in [1.54, 1.807) is 0 Å². The Labute approximate surface area is 94.3 Å². The van der Waals surface area contributed by atoms with Gasteiger partial charge in [-0.25, -0.2) is 4.68 Å². The van der Waals surface area contributed by atoms with Crippen LogP contribution in [0.5, 0.6) is 0 Å². The molecule has 1 atom stereocenters. The molecule has 0 spiro atoms. The molecule has 82 valence electrons. The van der Waals surface area contributed by atoms with E-state index in [4.69, 9.17) is 0 Å². The maximum atomic E-state index is 4.22. The highest BCUT2D eigenvalue weighted by Gasteiger charge is 2.17. The smallest absolute Gasteiger partial charge is 0.113 e. The normalized spacial score (nSPS) is 20.1. The second-order valence-corrected chi connectivity index (χ2v) is 4.10. The van der Waals surface area contributed by atoms with E-state index in [2.05, 4.69) is 27.8 Å². The molecule has 0 saturated carbocycles. The first kappa shape index (κ1) is 9.54. The highest BCUT2D eigenvalue weighted by Crippen LogP contribution is 2.19. The Morgan fingerprint density at radius 3 is 2.88 bits per heavy atom. The average molecular weight is 214 g/mol. The molecule has 4 nitrogen and oxygen atoms in total. The Morgan fingerprint density at radius 2 is 2.12 bits per heavy atom. The van der Waals surface area contributed by atoms with Crippen LogP contribution in [0.1, 0.15) is 12.5 Å². The van der Waals surface area contributed by atoms with Crippen LogP contribution in [-0.2, 0) is 0 Å². The molecule has 16 heavy (non-hydrogen) atoms. The molecule has 2 aromatic rings. The van der Waals surface area contributed by atoms with Crippen LogP contribution in [0, 0.1) is 0 Å². The van der Waals surface area contributed by atoms with Crippen LogP contribution < -0.4 is 5.32 Å². The van der Waals surface area contributed by atoms with Crippen molar-refractivity contribution in [1.82, 2.24) is 20.3 Å².